The lowest BCUT2D eigenvalue weighted by Gasteiger charge is -2.05. The Kier molecular flexibility index (Phi) is 2.89. The molecule has 0 unspecified atom stereocenters. The highest BCUT2D eigenvalue weighted by Crippen LogP contribution is 2.42. The predicted molar refractivity (Wildman–Crippen MR) is 69.7 cm³/mol. The van der Waals surface area contributed by atoms with Gasteiger partial charge in [0.25, 0.3) is 14.2 Å². The Morgan fingerprint density at radius 2 is 2.11 bits per heavy atom. The normalized spacial score (nSPS) is 16.1. The standard InChI is InChI=1S/C9H7Cl2N3O2S2/c10-6-3-4-17-7(6)8-12-13-9(18(11,15)16)14(8)5-1-2-5/h3-5H,1-2H2. The number of rotatable bonds is 3. The van der Waals surface area contributed by atoms with E-state index in [0.29, 0.717) is 15.7 Å². The van der Waals surface area contributed by atoms with Gasteiger partial charge in [0.15, 0.2) is 5.82 Å². The summed E-state index contributed by atoms with van der Waals surface area (Å²) in [5, 5.41) is 9.76. The molecule has 5 nitrogen and oxygen atoms in total. The topological polar surface area (TPSA) is 64.8 Å². The summed E-state index contributed by atoms with van der Waals surface area (Å²) in [5.74, 6) is 0.469. The van der Waals surface area contributed by atoms with Crippen molar-refractivity contribution in [1.29, 1.82) is 0 Å². The van der Waals surface area contributed by atoms with Crippen LogP contribution in [-0.2, 0) is 9.05 Å². The van der Waals surface area contributed by atoms with E-state index in [9.17, 15) is 8.42 Å². The molecule has 0 spiro atoms. The highest BCUT2D eigenvalue weighted by atomic mass is 35.7. The van der Waals surface area contributed by atoms with Crippen LogP contribution in [0, 0.1) is 0 Å². The van der Waals surface area contributed by atoms with E-state index in [0.717, 1.165) is 12.8 Å². The molecule has 2 aromatic rings. The van der Waals surface area contributed by atoms with E-state index in [1.807, 2.05) is 5.38 Å². The smallest absolute Gasteiger partial charge is 0.293 e. The molecule has 2 aromatic heterocycles. The van der Waals surface area contributed by atoms with Gasteiger partial charge in [0, 0.05) is 16.7 Å². The Labute approximate surface area is 117 Å². The average molecular weight is 324 g/mol. The second-order valence-corrected chi connectivity index (χ2v) is 7.73. The van der Waals surface area contributed by atoms with E-state index >= 15 is 0 Å². The molecule has 0 saturated heterocycles. The Morgan fingerprint density at radius 3 is 2.61 bits per heavy atom. The second kappa shape index (κ2) is 4.19. The minimum absolute atomic E-state index is 0.0942. The van der Waals surface area contributed by atoms with Crippen molar-refractivity contribution in [2.24, 2.45) is 0 Å². The number of hydrogen-bond acceptors (Lipinski definition) is 5. The maximum absolute atomic E-state index is 11.5. The van der Waals surface area contributed by atoms with Crippen LogP contribution in [0.4, 0.5) is 0 Å². The van der Waals surface area contributed by atoms with Gasteiger partial charge in [-0.3, -0.25) is 4.57 Å². The van der Waals surface area contributed by atoms with Crippen molar-refractivity contribution in [3.05, 3.63) is 16.5 Å². The minimum Gasteiger partial charge on any atom is -0.293 e. The molecular formula is C9H7Cl2N3O2S2. The van der Waals surface area contributed by atoms with Gasteiger partial charge in [0.05, 0.1) is 9.90 Å². The van der Waals surface area contributed by atoms with Crippen LogP contribution in [0.5, 0.6) is 0 Å². The summed E-state index contributed by atoms with van der Waals surface area (Å²) in [6.45, 7) is 0. The monoisotopic (exact) mass is 323 g/mol. The quantitative estimate of drug-likeness (QED) is 0.814. The lowest BCUT2D eigenvalue weighted by molar-refractivity contribution is 0.579. The van der Waals surface area contributed by atoms with Crippen molar-refractivity contribution >= 4 is 42.7 Å². The highest BCUT2D eigenvalue weighted by Gasteiger charge is 2.34. The van der Waals surface area contributed by atoms with Crippen LogP contribution < -0.4 is 0 Å². The molecule has 1 saturated carbocycles. The van der Waals surface area contributed by atoms with Crippen molar-refractivity contribution in [2.45, 2.75) is 24.0 Å². The summed E-state index contributed by atoms with van der Waals surface area (Å²) in [6, 6.07) is 1.83. The molecule has 0 aliphatic heterocycles. The van der Waals surface area contributed by atoms with Gasteiger partial charge >= 0.3 is 0 Å². The summed E-state index contributed by atoms with van der Waals surface area (Å²) in [6.07, 6.45) is 1.79. The van der Waals surface area contributed by atoms with Gasteiger partial charge in [-0.1, -0.05) is 11.6 Å². The molecule has 0 N–H and O–H groups in total. The summed E-state index contributed by atoms with van der Waals surface area (Å²) >= 11 is 7.43. The lowest BCUT2D eigenvalue weighted by Crippen LogP contribution is -2.05. The van der Waals surface area contributed by atoms with Crippen molar-refractivity contribution in [2.75, 3.05) is 0 Å². The van der Waals surface area contributed by atoms with E-state index in [-0.39, 0.29) is 11.2 Å². The van der Waals surface area contributed by atoms with Gasteiger partial charge in [-0.15, -0.1) is 21.5 Å². The summed E-state index contributed by atoms with van der Waals surface area (Å²) < 4.78 is 24.5. The lowest BCUT2D eigenvalue weighted by atomic mass is 10.4. The molecule has 3 rings (SSSR count). The van der Waals surface area contributed by atoms with Crippen LogP contribution in [0.2, 0.25) is 5.02 Å². The molecule has 1 aliphatic rings. The SMILES string of the molecule is O=S(=O)(Cl)c1nnc(-c2sccc2Cl)n1C1CC1. The number of nitrogens with zero attached hydrogens (tertiary/aromatic N) is 3. The summed E-state index contributed by atoms with van der Waals surface area (Å²) in [7, 11) is 1.47. The van der Waals surface area contributed by atoms with E-state index in [1.165, 1.54) is 11.3 Å². The first kappa shape index (κ1) is 12.4. The van der Waals surface area contributed by atoms with Gasteiger partial charge in [0.1, 0.15) is 0 Å². The maximum Gasteiger partial charge on any atom is 0.296 e. The van der Waals surface area contributed by atoms with Gasteiger partial charge in [0.2, 0.25) is 0 Å². The number of aromatic nitrogens is 3. The molecule has 0 radical (unpaired) electrons. The van der Waals surface area contributed by atoms with Gasteiger partial charge < -0.3 is 0 Å². The van der Waals surface area contributed by atoms with Crippen LogP contribution >= 0.6 is 33.6 Å². The van der Waals surface area contributed by atoms with Gasteiger partial charge in [-0.05, 0) is 24.3 Å². The van der Waals surface area contributed by atoms with Crippen LogP contribution in [0.25, 0.3) is 10.7 Å². The molecule has 0 bridgehead atoms. The number of halogens is 2. The van der Waals surface area contributed by atoms with Crippen LogP contribution in [0.15, 0.2) is 16.6 Å². The fourth-order valence-corrected chi connectivity index (χ4v) is 3.76. The summed E-state index contributed by atoms with van der Waals surface area (Å²) in [5.41, 5.74) is 0. The second-order valence-electron chi connectivity index (χ2n) is 3.94. The summed E-state index contributed by atoms with van der Waals surface area (Å²) in [4.78, 5) is 0.711. The zero-order chi connectivity index (χ0) is 12.9. The van der Waals surface area contributed by atoms with Crippen molar-refractivity contribution in [1.82, 2.24) is 14.8 Å². The Morgan fingerprint density at radius 1 is 1.39 bits per heavy atom. The predicted octanol–water partition coefficient (Wildman–Crippen LogP) is 2.92. The van der Waals surface area contributed by atoms with Crippen molar-refractivity contribution < 1.29 is 8.42 Å². The maximum atomic E-state index is 11.5. The third-order valence-electron chi connectivity index (χ3n) is 2.61. The first-order chi connectivity index (χ1) is 8.48. The molecule has 0 aromatic carbocycles. The molecule has 1 fully saturated rings. The van der Waals surface area contributed by atoms with Crippen molar-refractivity contribution in [3.63, 3.8) is 0 Å². The molecule has 18 heavy (non-hydrogen) atoms. The van der Waals surface area contributed by atoms with E-state index in [2.05, 4.69) is 10.2 Å². The molecular weight excluding hydrogens is 317 g/mol. The first-order valence-electron chi connectivity index (χ1n) is 5.11. The molecule has 1 aliphatic carbocycles. The zero-order valence-corrected chi connectivity index (χ0v) is 12.0. The first-order valence-corrected chi connectivity index (χ1v) is 8.68. The largest absolute Gasteiger partial charge is 0.296 e. The van der Waals surface area contributed by atoms with Crippen LogP contribution in [-0.4, -0.2) is 23.2 Å². The molecule has 9 heteroatoms. The number of thiophene rings is 1. The van der Waals surface area contributed by atoms with E-state index in [4.69, 9.17) is 22.3 Å². The Bertz CT molecular complexity index is 703. The third kappa shape index (κ3) is 2.05. The van der Waals surface area contributed by atoms with Gasteiger partial charge in [-0.25, -0.2) is 8.42 Å². The van der Waals surface area contributed by atoms with E-state index in [1.54, 1.807) is 10.6 Å². The number of hydrogen-bond donors (Lipinski definition) is 0. The fourth-order valence-electron chi connectivity index (χ4n) is 1.71. The highest BCUT2D eigenvalue weighted by molar-refractivity contribution is 8.13. The fraction of sp³-hybridized carbons (Fsp3) is 0.333. The van der Waals surface area contributed by atoms with Crippen molar-refractivity contribution in [3.8, 4) is 10.7 Å². The molecule has 0 amide bonds. The van der Waals surface area contributed by atoms with E-state index < -0.39 is 9.05 Å². The Hall–Kier alpha value is -0.630. The molecule has 0 atom stereocenters. The average Bonchev–Trinajstić information content (AvgIpc) is 2.86. The minimum atomic E-state index is -3.90. The zero-order valence-electron chi connectivity index (χ0n) is 8.88. The van der Waals surface area contributed by atoms with Gasteiger partial charge in [-0.2, -0.15) is 0 Å². The molecule has 2 heterocycles. The third-order valence-corrected chi connectivity index (χ3v) is 5.08. The molecule has 96 valence electrons. The van der Waals surface area contributed by atoms with Crippen LogP contribution in [0.1, 0.15) is 18.9 Å². The Balaban J connectivity index is 2.23. The van der Waals surface area contributed by atoms with Crippen LogP contribution in [0.3, 0.4) is 0 Å².